The number of carbonyl (C=O) groups is 3. The third kappa shape index (κ3) is 64.6. The average Bonchev–Trinajstić information content (AvgIpc) is 3.43. The molecule has 0 aromatic carbocycles. The van der Waals surface area contributed by atoms with E-state index in [4.69, 9.17) is 14.2 Å². The van der Waals surface area contributed by atoms with Crippen LogP contribution in [0.5, 0.6) is 0 Å². The van der Waals surface area contributed by atoms with Gasteiger partial charge in [0.15, 0.2) is 6.10 Å². The molecular formula is C71H134O6. The zero-order valence-electron chi connectivity index (χ0n) is 52.3. The van der Waals surface area contributed by atoms with Crippen LogP contribution in [0.25, 0.3) is 0 Å². The Bertz CT molecular complexity index is 1240. The molecule has 0 saturated carbocycles. The lowest BCUT2D eigenvalue weighted by Crippen LogP contribution is -2.30. The molecule has 0 rings (SSSR count). The molecule has 0 N–H and O–H groups in total. The molecule has 0 aliphatic heterocycles. The second-order valence-corrected chi connectivity index (χ2v) is 23.8. The van der Waals surface area contributed by atoms with Crippen LogP contribution in [-0.4, -0.2) is 37.2 Å². The van der Waals surface area contributed by atoms with Crippen molar-refractivity contribution >= 4 is 17.9 Å². The van der Waals surface area contributed by atoms with Crippen molar-refractivity contribution in [3.8, 4) is 0 Å². The van der Waals surface area contributed by atoms with Gasteiger partial charge in [0.2, 0.25) is 0 Å². The average molecular weight is 1080 g/mol. The Balaban J connectivity index is 4.29. The minimum Gasteiger partial charge on any atom is -0.462 e. The van der Waals surface area contributed by atoms with Gasteiger partial charge in [-0.05, 0) is 70.6 Å². The molecule has 6 nitrogen and oxygen atoms in total. The molecule has 0 saturated heterocycles. The van der Waals surface area contributed by atoms with Crippen LogP contribution >= 0.6 is 0 Å². The SMILES string of the molecule is CCCCCCCCC/C=C\CCCCCCCCCC(=O)OCC(COC(=O)CCCCCCCCCCCCCCCCCCCCCCCCC)OC(=O)CCCCCCCCC/C=C\CCCCCCCCC. The lowest BCUT2D eigenvalue weighted by molar-refractivity contribution is -0.167. The van der Waals surface area contributed by atoms with Gasteiger partial charge in [-0.2, -0.15) is 0 Å². The highest BCUT2D eigenvalue weighted by Crippen LogP contribution is 2.18. The van der Waals surface area contributed by atoms with Crippen LogP contribution in [0.15, 0.2) is 24.3 Å². The Hall–Kier alpha value is -2.11. The second kappa shape index (κ2) is 66.4. The fourth-order valence-corrected chi connectivity index (χ4v) is 10.7. The van der Waals surface area contributed by atoms with Crippen molar-refractivity contribution in [2.75, 3.05) is 13.2 Å². The summed E-state index contributed by atoms with van der Waals surface area (Å²) in [7, 11) is 0. The summed E-state index contributed by atoms with van der Waals surface area (Å²) >= 11 is 0. The van der Waals surface area contributed by atoms with Crippen molar-refractivity contribution in [2.45, 2.75) is 399 Å². The second-order valence-electron chi connectivity index (χ2n) is 23.8. The van der Waals surface area contributed by atoms with E-state index in [-0.39, 0.29) is 31.1 Å². The summed E-state index contributed by atoms with van der Waals surface area (Å²) in [5.41, 5.74) is 0. The fourth-order valence-electron chi connectivity index (χ4n) is 10.7. The molecular weight excluding hydrogens is 949 g/mol. The predicted molar refractivity (Wildman–Crippen MR) is 335 cm³/mol. The first-order valence-corrected chi connectivity index (χ1v) is 34.8. The van der Waals surface area contributed by atoms with Crippen LogP contribution in [0.3, 0.4) is 0 Å². The molecule has 0 radical (unpaired) electrons. The Morgan fingerprint density at radius 3 is 0.649 bits per heavy atom. The minimum absolute atomic E-state index is 0.0689. The Morgan fingerprint density at radius 2 is 0.429 bits per heavy atom. The molecule has 0 spiro atoms. The molecule has 0 aromatic heterocycles. The number of hydrogen-bond donors (Lipinski definition) is 0. The van der Waals surface area contributed by atoms with E-state index in [1.807, 2.05) is 0 Å². The van der Waals surface area contributed by atoms with Gasteiger partial charge in [0.25, 0.3) is 0 Å². The molecule has 0 aliphatic carbocycles. The maximum absolute atomic E-state index is 12.9. The van der Waals surface area contributed by atoms with Gasteiger partial charge in [-0.25, -0.2) is 0 Å². The summed E-state index contributed by atoms with van der Waals surface area (Å²) < 4.78 is 17.0. The summed E-state index contributed by atoms with van der Waals surface area (Å²) in [6.45, 7) is 6.71. The van der Waals surface area contributed by atoms with Crippen molar-refractivity contribution in [3.05, 3.63) is 24.3 Å². The van der Waals surface area contributed by atoms with E-state index in [1.165, 1.54) is 295 Å². The number of allylic oxidation sites excluding steroid dienone is 4. The summed E-state index contributed by atoms with van der Waals surface area (Å²) in [6, 6.07) is 0. The first-order chi connectivity index (χ1) is 38.0. The number of esters is 3. The Kier molecular flexibility index (Phi) is 64.6. The number of hydrogen-bond acceptors (Lipinski definition) is 6. The smallest absolute Gasteiger partial charge is 0.306 e. The zero-order chi connectivity index (χ0) is 55.7. The molecule has 0 aliphatic rings. The van der Waals surface area contributed by atoms with E-state index < -0.39 is 6.10 Å². The molecule has 0 bridgehead atoms. The predicted octanol–water partition coefficient (Wildman–Crippen LogP) is 23.8. The molecule has 77 heavy (non-hydrogen) atoms. The molecule has 1 unspecified atom stereocenters. The molecule has 0 heterocycles. The highest BCUT2D eigenvalue weighted by molar-refractivity contribution is 5.71. The van der Waals surface area contributed by atoms with E-state index in [9.17, 15) is 14.4 Å². The molecule has 0 amide bonds. The topological polar surface area (TPSA) is 78.9 Å². The van der Waals surface area contributed by atoms with Gasteiger partial charge < -0.3 is 14.2 Å². The lowest BCUT2D eigenvalue weighted by atomic mass is 10.0. The quantitative estimate of drug-likeness (QED) is 0.0261. The standard InChI is InChI=1S/C71H134O6/c1-4-7-10-13-16-19-22-25-28-31-34-35-36-37-38-41-43-46-49-52-55-58-61-64-70(73)76-67-68(77-71(74)65-62-59-56-53-50-47-44-40-33-30-27-24-21-18-15-12-9-6-3)66-75-69(72)63-60-57-54-51-48-45-42-39-32-29-26-23-20-17-14-11-8-5-2/h29-30,32-33,68H,4-28,31,34-67H2,1-3H3/b32-29-,33-30-. The third-order valence-corrected chi connectivity index (χ3v) is 15.9. The number of unbranched alkanes of at least 4 members (excludes halogenated alkanes) is 50. The summed E-state index contributed by atoms with van der Waals surface area (Å²) in [5, 5.41) is 0. The van der Waals surface area contributed by atoms with Gasteiger partial charge in [0.05, 0.1) is 0 Å². The third-order valence-electron chi connectivity index (χ3n) is 15.9. The molecule has 0 aromatic rings. The summed E-state index contributed by atoms with van der Waals surface area (Å²) in [5.74, 6) is -0.847. The summed E-state index contributed by atoms with van der Waals surface area (Å²) in [4.78, 5) is 38.4. The maximum atomic E-state index is 12.9. The Morgan fingerprint density at radius 1 is 0.247 bits per heavy atom. The molecule has 6 heteroatoms. The van der Waals surface area contributed by atoms with E-state index in [0.717, 1.165) is 57.8 Å². The van der Waals surface area contributed by atoms with E-state index in [0.29, 0.717) is 19.3 Å². The van der Waals surface area contributed by atoms with Crippen LogP contribution in [-0.2, 0) is 28.6 Å². The number of ether oxygens (including phenoxy) is 3. The van der Waals surface area contributed by atoms with E-state index in [1.54, 1.807) is 0 Å². The first kappa shape index (κ1) is 74.9. The van der Waals surface area contributed by atoms with Crippen molar-refractivity contribution in [1.29, 1.82) is 0 Å². The normalized spacial score (nSPS) is 12.1. The van der Waals surface area contributed by atoms with Crippen LogP contribution in [0.2, 0.25) is 0 Å². The van der Waals surface area contributed by atoms with Gasteiger partial charge in [-0.1, -0.05) is 328 Å². The molecule has 454 valence electrons. The largest absolute Gasteiger partial charge is 0.462 e. The van der Waals surface area contributed by atoms with Crippen molar-refractivity contribution in [1.82, 2.24) is 0 Å². The van der Waals surface area contributed by atoms with Gasteiger partial charge >= 0.3 is 17.9 Å². The highest BCUT2D eigenvalue weighted by Gasteiger charge is 2.19. The van der Waals surface area contributed by atoms with Crippen LogP contribution in [0.4, 0.5) is 0 Å². The van der Waals surface area contributed by atoms with Crippen LogP contribution < -0.4 is 0 Å². The van der Waals surface area contributed by atoms with Crippen molar-refractivity contribution in [2.24, 2.45) is 0 Å². The lowest BCUT2D eigenvalue weighted by Gasteiger charge is -2.18. The van der Waals surface area contributed by atoms with Gasteiger partial charge in [0, 0.05) is 19.3 Å². The van der Waals surface area contributed by atoms with Gasteiger partial charge in [0.1, 0.15) is 13.2 Å². The molecule has 0 fully saturated rings. The van der Waals surface area contributed by atoms with E-state index >= 15 is 0 Å². The zero-order valence-corrected chi connectivity index (χ0v) is 52.3. The van der Waals surface area contributed by atoms with E-state index in [2.05, 4.69) is 45.1 Å². The minimum atomic E-state index is -0.774. The highest BCUT2D eigenvalue weighted by atomic mass is 16.6. The Labute approximate surface area is 481 Å². The molecule has 1 atom stereocenters. The number of rotatable bonds is 65. The van der Waals surface area contributed by atoms with Crippen molar-refractivity contribution in [3.63, 3.8) is 0 Å². The van der Waals surface area contributed by atoms with Crippen LogP contribution in [0.1, 0.15) is 393 Å². The van der Waals surface area contributed by atoms with Gasteiger partial charge in [-0.3, -0.25) is 14.4 Å². The maximum Gasteiger partial charge on any atom is 0.306 e. The fraction of sp³-hybridized carbons (Fsp3) is 0.901. The first-order valence-electron chi connectivity index (χ1n) is 34.8. The van der Waals surface area contributed by atoms with Gasteiger partial charge in [-0.15, -0.1) is 0 Å². The van der Waals surface area contributed by atoms with Crippen LogP contribution in [0, 0.1) is 0 Å². The monoisotopic (exact) mass is 1080 g/mol. The summed E-state index contributed by atoms with van der Waals surface area (Å²) in [6.07, 6.45) is 80.5. The van der Waals surface area contributed by atoms with Crippen molar-refractivity contribution < 1.29 is 28.6 Å². The number of carbonyl (C=O) groups excluding carboxylic acids is 3.